The van der Waals surface area contributed by atoms with Gasteiger partial charge in [-0.25, -0.2) is 0 Å². The van der Waals surface area contributed by atoms with E-state index in [1.807, 2.05) is 11.9 Å². The summed E-state index contributed by atoms with van der Waals surface area (Å²) in [5.74, 6) is 0.187. The summed E-state index contributed by atoms with van der Waals surface area (Å²) in [6, 6.07) is 8.38. The molecule has 106 valence electrons. The van der Waals surface area contributed by atoms with Gasteiger partial charge in [-0.2, -0.15) is 5.10 Å². The molecule has 20 heavy (non-hydrogen) atoms. The van der Waals surface area contributed by atoms with Gasteiger partial charge in [-0.05, 0) is 19.5 Å². The SMILES string of the molecule is Cc1ccc(C2=NNCC2N2CCN(C)CC2=O)cc1. The molecule has 2 heterocycles. The van der Waals surface area contributed by atoms with E-state index >= 15 is 0 Å². The van der Waals surface area contributed by atoms with Gasteiger partial charge in [-0.1, -0.05) is 29.8 Å². The van der Waals surface area contributed by atoms with E-state index in [0.717, 1.165) is 24.4 Å². The zero-order valence-electron chi connectivity index (χ0n) is 12.0. The van der Waals surface area contributed by atoms with Gasteiger partial charge in [0.2, 0.25) is 5.91 Å². The zero-order chi connectivity index (χ0) is 14.1. The summed E-state index contributed by atoms with van der Waals surface area (Å²) in [4.78, 5) is 16.2. The Morgan fingerprint density at radius 3 is 2.70 bits per heavy atom. The van der Waals surface area contributed by atoms with Crippen LogP contribution in [0.3, 0.4) is 0 Å². The van der Waals surface area contributed by atoms with Crippen molar-refractivity contribution in [2.45, 2.75) is 13.0 Å². The van der Waals surface area contributed by atoms with Crippen molar-refractivity contribution in [1.29, 1.82) is 0 Å². The maximum absolute atomic E-state index is 12.2. The Morgan fingerprint density at radius 1 is 1.25 bits per heavy atom. The molecule has 5 nitrogen and oxygen atoms in total. The first-order valence-corrected chi connectivity index (χ1v) is 7.00. The summed E-state index contributed by atoms with van der Waals surface area (Å²) in [6.07, 6.45) is 0. The highest BCUT2D eigenvalue weighted by Gasteiger charge is 2.34. The number of rotatable bonds is 2. The summed E-state index contributed by atoms with van der Waals surface area (Å²) in [5, 5.41) is 4.40. The van der Waals surface area contributed by atoms with Crippen molar-refractivity contribution in [3.8, 4) is 0 Å². The first kappa shape index (κ1) is 13.1. The van der Waals surface area contributed by atoms with E-state index in [-0.39, 0.29) is 11.9 Å². The number of piperazine rings is 1. The van der Waals surface area contributed by atoms with Gasteiger partial charge in [0.25, 0.3) is 0 Å². The second kappa shape index (κ2) is 5.25. The third-order valence-electron chi connectivity index (χ3n) is 3.97. The summed E-state index contributed by atoms with van der Waals surface area (Å²) in [5.41, 5.74) is 6.34. The molecular weight excluding hydrogens is 252 g/mol. The van der Waals surface area contributed by atoms with Gasteiger partial charge in [0, 0.05) is 13.1 Å². The first-order chi connectivity index (χ1) is 9.65. The predicted octanol–water partition coefficient (Wildman–Crippen LogP) is 0.445. The topological polar surface area (TPSA) is 47.9 Å². The van der Waals surface area contributed by atoms with Gasteiger partial charge in [0.05, 0.1) is 24.8 Å². The zero-order valence-corrected chi connectivity index (χ0v) is 12.0. The standard InChI is InChI=1S/C15H20N4O/c1-11-3-5-12(6-4-11)15-13(9-16-17-15)19-8-7-18(2)10-14(19)20/h3-6,13,16H,7-10H2,1-2H3. The number of carbonyl (C=O) groups is 1. The fraction of sp³-hybridized carbons (Fsp3) is 0.467. The van der Waals surface area contributed by atoms with E-state index in [1.54, 1.807) is 0 Å². The third kappa shape index (κ3) is 2.41. The fourth-order valence-corrected chi connectivity index (χ4v) is 2.76. The molecule has 0 spiro atoms. The Labute approximate surface area is 119 Å². The number of nitrogens with one attached hydrogen (secondary N) is 1. The maximum atomic E-state index is 12.2. The van der Waals surface area contributed by atoms with Crippen LogP contribution in [0, 0.1) is 6.92 Å². The van der Waals surface area contributed by atoms with Crippen molar-refractivity contribution in [1.82, 2.24) is 15.2 Å². The third-order valence-corrected chi connectivity index (χ3v) is 3.97. The lowest BCUT2D eigenvalue weighted by molar-refractivity contribution is -0.136. The number of amides is 1. The number of aryl methyl sites for hydroxylation is 1. The second-order valence-corrected chi connectivity index (χ2v) is 5.57. The van der Waals surface area contributed by atoms with Gasteiger partial charge in [-0.15, -0.1) is 0 Å². The van der Waals surface area contributed by atoms with E-state index in [2.05, 4.69) is 46.6 Å². The summed E-state index contributed by atoms with van der Waals surface area (Å²) in [7, 11) is 1.98. The van der Waals surface area contributed by atoms with Crippen LogP contribution in [-0.4, -0.2) is 60.7 Å². The second-order valence-electron chi connectivity index (χ2n) is 5.57. The average molecular weight is 272 g/mol. The van der Waals surface area contributed by atoms with E-state index in [1.165, 1.54) is 5.56 Å². The molecule has 1 fully saturated rings. The number of benzene rings is 1. The molecular formula is C15H20N4O. The highest BCUT2D eigenvalue weighted by atomic mass is 16.2. The molecule has 1 atom stereocenters. The predicted molar refractivity (Wildman–Crippen MR) is 78.7 cm³/mol. The minimum atomic E-state index is 0.0545. The van der Waals surface area contributed by atoms with Gasteiger partial charge < -0.3 is 10.3 Å². The molecule has 3 rings (SSSR count). The van der Waals surface area contributed by atoms with Gasteiger partial charge >= 0.3 is 0 Å². The molecule has 1 N–H and O–H groups in total. The molecule has 0 aliphatic carbocycles. The number of hydrogen-bond donors (Lipinski definition) is 1. The van der Waals surface area contributed by atoms with Crippen molar-refractivity contribution in [2.24, 2.45) is 5.10 Å². The van der Waals surface area contributed by atoms with E-state index in [0.29, 0.717) is 13.1 Å². The number of hydrazone groups is 1. The Bertz CT molecular complexity index is 537. The van der Waals surface area contributed by atoms with E-state index in [9.17, 15) is 4.79 Å². The van der Waals surface area contributed by atoms with Crippen molar-refractivity contribution in [3.05, 3.63) is 35.4 Å². The van der Waals surface area contributed by atoms with Gasteiger partial charge in [-0.3, -0.25) is 9.69 Å². The number of nitrogens with zero attached hydrogens (tertiary/aromatic N) is 3. The molecule has 1 amide bonds. The molecule has 5 heteroatoms. The molecule has 1 unspecified atom stereocenters. The largest absolute Gasteiger partial charge is 0.330 e. The first-order valence-electron chi connectivity index (χ1n) is 7.00. The van der Waals surface area contributed by atoms with Crippen LogP contribution in [0.25, 0.3) is 0 Å². The molecule has 0 bridgehead atoms. The van der Waals surface area contributed by atoms with Crippen molar-refractivity contribution >= 4 is 11.6 Å². The molecule has 1 aromatic rings. The molecule has 1 saturated heterocycles. The summed E-state index contributed by atoms with van der Waals surface area (Å²) in [6.45, 7) is 4.96. The van der Waals surface area contributed by atoms with Crippen molar-refractivity contribution in [3.63, 3.8) is 0 Å². The smallest absolute Gasteiger partial charge is 0.237 e. The Kier molecular flexibility index (Phi) is 3.44. The monoisotopic (exact) mass is 272 g/mol. The summed E-state index contributed by atoms with van der Waals surface area (Å²) >= 11 is 0. The van der Waals surface area contributed by atoms with E-state index < -0.39 is 0 Å². The van der Waals surface area contributed by atoms with Gasteiger partial charge in [0.15, 0.2) is 0 Å². The highest BCUT2D eigenvalue weighted by molar-refractivity contribution is 6.07. The fourth-order valence-electron chi connectivity index (χ4n) is 2.76. The van der Waals surface area contributed by atoms with Crippen molar-refractivity contribution < 1.29 is 4.79 Å². The number of carbonyl (C=O) groups excluding carboxylic acids is 1. The van der Waals surface area contributed by atoms with Crippen LogP contribution in [0.1, 0.15) is 11.1 Å². The Morgan fingerprint density at radius 2 is 2.00 bits per heavy atom. The van der Waals surface area contributed by atoms with E-state index in [4.69, 9.17) is 0 Å². The van der Waals surface area contributed by atoms with Crippen LogP contribution >= 0.6 is 0 Å². The normalized spacial score (nSPS) is 23.7. The Balaban J connectivity index is 1.82. The molecule has 0 saturated carbocycles. The van der Waals surface area contributed by atoms with Crippen LogP contribution in [-0.2, 0) is 4.79 Å². The lowest BCUT2D eigenvalue weighted by Crippen LogP contribution is -2.55. The number of hydrogen-bond acceptors (Lipinski definition) is 4. The molecule has 2 aliphatic rings. The molecule has 0 radical (unpaired) electrons. The summed E-state index contributed by atoms with van der Waals surface area (Å²) < 4.78 is 0. The van der Waals surface area contributed by atoms with Gasteiger partial charge in [0.1, 0.15) is 0 Å². The minimum absolute atomic E-state index is 0.0545. The van der Waals surface area contributed by atoms with Crippen LogP contribution in [0.15, 0.2) is 29.4 Å². The number of likely N-dealkylation sites (N-methyl/N-ethyl adjacent to an activating group) is 1. The minimum Gasteiger partial charge on any atom is -0.330 e. The Hall–Kier alpha value is -1.88. The molecule has 1 aromatic carbocycles. The molecule has 0 aromatic heterocycles. The van der Waals surface area contributed by atoms with Crippen molar-refractivity contribution in [2.75, 3.05) is 33.2 Å². The highest BCUT2D eigenvalue weighted by Crippen LogP contribution is 2.17. The van der Waals surface area contributed by atoms with Crippen LogP contribution in [0.4, 0.5) is 0 Å². The lowest BCUT2D eigenvalue weighted by Gasteiger charge is -2.36. The van der Waals surface area contributed by atoms with Crippen LogP contribution < -0.4 is 5.43 Å². The molecule has 2 aliphatic heterocycles. The van der Waals surface area contributed by atoms with Crippen LogP contribution in [0.2, 0.25) is 0 Å². The average Bonchev–Trinajstić information content (AvgIpc) is 2.88. The van der Waals surface area contributed by atoms with Crippen LogP contribution in [0.5, 0.6) is 0 Å². The lowest BCUT2D eigenvalue weighted by atomic mass is 10.0. The maximum Gasteiger partial charge on any atom is 0.237 e. The quantitative estimate of drug-likeness (QED) is 0.850.